The highest BCUT2D eigenvalue weighted by molar-refractivity contribution is 9.10. The fourth-order valence-corrected chi connectivity index (χ4v) is 3.64. The van der Waals surface area contributed by atoms with Crippen LogP contribution in [0.15, 0.2) is 46.4 Å². The molecule has 0 aromatic heterocycles. The van der Waals surface area contributed by atoms with E-state index in [0.717, 1.165) is 5.56 Å². The summed E-state index contributed by atoms with van der Waals surface area (Å²) >= 11 is 3.16. The van der Waals surface area contributed by atoms with Gasteiger partial charge >= 0.3 is 0 Å². The zero-order chi connectivity index (χ0) is 17.0. The fourth-order valence-electron chi connectivity index (χ4n) is 3.15. The van der Waals surface area contributed by atoms with Gasteiger partial charge in [-0.25, -0.2) is 0 Å². The normalized spacial score (nSPS) is 18.4. The van der Waals surface area contributed by atoms with Crippen LogP contribution in [-0.2, 0) is 11.2 Å². The number of anilines is 1. The van der Waals surface area contributed by atoms with Crippen LogP contribution in [0.1, 0.15) is 21.5 Å². The highest BCUT2D eigenvalue weighted by atomic mass is 79.9. The number of nitro groups is 1. The minimum atomic E-state index is -0.530. The second-order valence-corrected chi connectivity index (χ2v) is 6.43. The summed E-state index contributed by atoms with van der Waals surface area (Å²) in [5.41, 5.74) is 2.92. The van der Waals surface area contributed by atoms with E-state index in [0.29, 0.717) is 34.4 Å². The van der Waals surface area contributed by atoms with Crippen molar-refractivity contribution in [1.82, 2.24) is 0 Å². The molecule has 2 aromatic carbocycles. The zero-order valence-corrected chi connectivity index (χ0v) is 13.7. The van der Waals surface area contributed by atoms with Gasteiger partial charge < -0.3 is 5.32 Å². The van der Waals surface area contributed by atoms with Gasteiger partial charge in [0.2, 0.25) is 0 Å². The highest BCUT2D eigenvalue weighted by Crippen LogP contribution is 2.42. The lowest BCUT2D eigenvalue weighted by molar-refractivity contribution is -0.385. The Labute approximate surface area is 144 Å². The van der Waals surface area contributed by atoms with Crippen molar-refractivity contribution in [2.45, 2.75) is 6.42 Å². The molecular weight excluding hydrogens is 376 g/mol. The van der Waals surface area contributed by atoms with Gasteiger partial charge in [0.1, 0.15) is 0 Å². The summed E-state index contributed by atoms with van der Waals surface area (Å²) < 4.78 is 0.267. The van der Waals surface area contributed by atoms with E-state index in [1.807, 2.05) is 12.1 Å². The van der Waals surface area contributed by atoms with E-state index in [9.17, 15) is 19.7 Å². The molecule has 1 aliphatic heterocycles. The number of carbonyl (C=O) groups is 2. The van der Waals surface area contributed by atoms with Gasteiger partial charge in [0, 0.05) is 29.2 Å². The molecule has 0 unspecified atom stereocenters. The van der Waals surface area contributed by atoms with Crippen LogP contribution in [-0.4, -0.2) is 16.6 Å². The number of Topliss-reactive ketones (excluding diaryl/α,β-unsaturated/α-hetero) is 1. The third-order valence-corrected chi connectivity index (χ3v) is 4.87. The van der Waals surface area contributed by atoms with Crippen LogP contribution in [0.4, 0.5) is 11.4 Å². The van der Waals surface area contributed by atoms with Gasteiger partial charge in [-0.1, -0.05) is 24.3 Å². The van der Waals surface area contributed by atoms with Crippen LogP contribution >= 0.6 is 15.9 Å². The first-order valence-electron chi connectivity index (χ1n) is 7.13. The SMILES string of the molecule is O=C1Nc2cc([N+](=O)[O-])c(Br)cc2/C1=C1/Cc2ccccc2C1=O. The molecule has 2 aliphatic rings. The van der Waals surface area contributed by atoms with Crippen LogP contribution in [0, 0.1) is 10.1 Å². The van der Waals surface area contributed by atoms with Gasteiger partial charge in [0.25, 0.3) is 11.6 Å². The summed E-state index contributed by atoms with van der Waals surface area (Å²) in [5, 5.41) is 13.7. The lowest BCUT2D eigenvalue weighted by Gasteiger charge is -2.03. The molecular formula is C17H9BrN2O4. The van der Waals surface area contributed by atoms with Crippen molar-refractivity contribution >= 4 is 44.6 Å². The molecule has 7 heteroatoms. The largest absolute Gasteiger partial charge is 0.321 e. The number of carbonyl (C=O) groups excluding carboxylic acids is 2. The van der Waals surface area contributed by atoms with Crippen LogP contribution in [0.25, 0.3) is 5.57 Å². The predicted octanol–water partition coefficient (Wildman–Crippen LogP) is 3.50. The first-order chi connectivity index (χ1) is 11.5. The Morgan fingerprint density at radius 2 is 1.88 bits per heavy atom. The van der Waals surface area contributed by atoms with E-state index in [2.05, 4.69) is 21.2 Å². The third-order valence-electron chi connectivity index (χ3n) is 4.23. The number of rotatable bonds is 1. The Kier molecular flexibility index (Phi) is 3.14. The van der Waals surface area contributed by atoms with Crippen LogP contribution in [0.5, 0.6) is 0 Å². The molecule has 1 N–H and O–H groups in total. The molecule has 0 fully saturated rings. The number of halogens is 1. The maximum atomic E-state index is 12.6. The minimum absolute atomic E-state index is 0.138. The van der Waals surface area contributed by atoms with Gasteiger partial charge in [-0.15, -0.1) is 0 Å². The molecule has 4 rings (SSSR count). The van der Waals surface area contributed by atoms with Gasteiger partial charge in [0.15, 0.2) is 5.78 Å². The van der Waals surface area contributed by atoms with E-state index in [1.54, 1.807) is 12.1 Å². The van der Waals surface area contributed by atoms with Crippen molar-refractivity contribution in [1.29, 1.82) is 0 Å². The monoisotopic (exact) mass is 384 g/mol. The molecule has 0 radical (unpaired) electrons. The van der Waals surface area contributed by atoms with Crippen LogP contribution in [0.2, 0.25) is 0 Å². The molecule has 2 aromatic rings. The number of nitro benzene ring substituents is 1. The van der Waals surface area contributed by atoms with Crippen molar-refractivity contribution in [3.8, 4) is 0 Å². The summed E-state index contributed by atoms with van der Waals surface area (Å²) in [5.74, 6) is -0.577. The maximum Gasteiger partial charge on any atom is 0.285 e. The van der Waals surface area contributed by atoms with Gasteiger partial charge in [-0.05, 0) is 27.6 Å². The zero-order valence-electron chi connectivity index (χ0n) is 12.1. The first-order valence-corrected chi connectivity index (χ1v) is 7.92. The minimum Gasteiger partial charge on any atom is -0.321 e. The van der Waals surface area contributed by atoms with Crippen molar-refractivity contribution in [3.63, 3.8) is 0 Å². The molecule has 0 spiro atoms. The number of fused-ring (bicyclic) bond motifs is 2. The third kappa shape index (κ3) is 2.01. The molecule has 0 saturated heterocycles. The van der Waals surface area contributed by atoms with E-state index >= 15 is 0 Å². The quantitative estimate of drug-likeness (QED) is 0.462. The van der Waals surface area contributed by atoms with Crippen molar-refractivity contribution in [2.24, 2.45) is 0 Å². The molecule has 1 heterocycles. The number of allylic oxidation sites excluding steroid dienone is 1. The molecule has 1 amide bonds. The van der Waals surface area contributed by atoms with Crippen molar-refractivity contribution < 1.29 is 14.5 Å². The predicted molar refractivity (Wildman–Crippen MR) is 90.8 cm³/mol. The Morgan fingerprint density at radius 3 is 2.58 bits per heavy atom. The lowest BCUT2D eigenvalue weighted by Crippen LogP contribution is -2.09. The van der Waals surface area contributed by atoms with E-state index in [-0.39, 0.29) is 15.9 Å². The topological polar surface area (TPSA) is 89.3 Å². The second kappa shape index (κ2) is 5.10. The fraction of sp³-hybridized carbons (Fsp3) is 0.0588. The van der Waals surface area contributed by atoms with Crippen molar-refractivity contribution in [3.05, 3.63) is 73.2 Å². The number of hydrogen-bond donors (Lipinski definition) is 1. The number of nitrogens with one attached hydrogen (secondary N) is 1. The summed E-state index contributed by atoms with van der Waals surface area (Å²) in [6.07, 6.45) is 0.381. The first kappa shape index (κ1) is 14.8. The summed E-state index contributed by atoms with van der Waals surface area (Å²) in [7, 11) is 0. The summed E-state index contributed by atoms with van der Waals surface area (Å²) in [6.45, 7) is 0. The lowest BCUT2D eigenvalue weighted by atomic mass is 9.98. The standard InChI is InChI=1S/C17H9BrN2O4/c18-12-6-10-13(7-14(12)20(23)24)19-17(22)15(10)11-5-8-3-1-2-4-9(8)16(11)21/h1-4,6-7H,5H2,(H,19,22)/b15-11+. The smallest absolute Gasteiger partial charge is 0.285 e. The Balaban J connectivity index is 1.91. The molecule has 0 atom stereocenters. The number of nitrogens with zero attached hydrogens (tertiary/aromatic N) is 1. The van der Waals surface area contributed by atoms with Crippen molar-refractivity contribution in [2.75, 3.05) is 5.32 Å². The Morgan fingerprint density at radius 1 is 1.12 bits per heavy atom. The second-order valence-electron chi connectivity index (χ2n) is 5.58. The van der Waals surface area contributed by atoms with Gasteiger partial charge in [0.05, 0.1) is 20.7 Å². The van der Waals surface area contributed by atoms with Gasteiger partial charge in [-0.3, -0.25) is 19.7 Å². The van der Waals surface area contributed by atoms with E-state index in [4.69, 9.17) is 0 Å². The van der Waals surface area contributed by atoms with E-state index < -0.39 is 10.8 Å². The average Bonchev–Trinajstić information content (AvgIpc) is 3.03. The Hall–Kier alpha value is -2.80. The molecule has 0 saturated carbocycles. The molecule has 0 bridgehead atoms. The highest BCUT2D eigenvalue weighted by Gasteiger charge is 2.35. The summed E-state index contributed by atoms with van der Waals surface area (Å²) in [6, 6.07) is 10.1. The molecule has 1 aliphatic carbocycles. The van der Waals surface area contributed by atoms with Crippen LogP contribution < -0.4 is 5.32 Å². The number of hydrogen-bond acceptors (Lipinski definition) is 4. The molecule has 118 valence electrons. The molecule has 6 nitrogen and oxygen atoms in total. The Bertz CT molecular complexity index is 994. The summed E-state index contributed by atoms with van der Waals surface area (Å²) in [4.78, 5) is 35.6. The molecule has 24 heavy (non-hydrogen) atoms. The number of benzene rings is 2. The number of amides is 1. The maximum absolute atomic E-state index is 12.6. The van der Waals surface area contributed by atoms with Gasteiger partial charge in [-0.2, -0.15) is 0 Å². The van der Waals surface area contributed by atoms with Crippen LogP contribution in [0.3, 0.4) is 0 Å². The number of ketones is 1. The average molecular weight is 385 g/mol. The van der Waals surface area contributed by atoms with E-state index in [1.165, 1.54) is 12.1 Å².